The topological polar surface area (TPSA) is 86.7 Å². The third kappa shape index (κ3) is 3.28. The molecule has 1 atom stereocenters. The zero-order chi connectivity index (χ0) is 18.0. The maximum atomic E-state index is 10.5. The fourth-order valence-electron chi connectivity index (χ4n) is 2.42. The smallest absolute Gasteiger partial charge is 0.174 e. The van der Waals surface area contributed by atoms with Gasteiger partial charge in [-0.05, 0) is 25.1 Å². The summed E-state index contributed by atoms with van der Waals surface area (Å²) in [4.78, 5) is 15.6. The fourth-order valence-corrected chi connectivity index (χ4v) is 3.07. The Morgan fingerprint density at radius 3 is 3.04 bits per heavy atom. The van der Waals surface area contributed by atoms with Gasteiger partial charge in [-0.15, -0.1) is 11.3 Å². The largest absolute Gasteiger partial charge is 0.371 e. The highest BCUT2D eigenvalue weighted by Crippen LogP contribution is 2.23. The molecule has 0 amide bonds. The molecule has 6 nitrogen and oxygen atoms in total. The van der Waals surface area contributed by atoms with E-state index in [9.17, 15) is 5.11 Å². The second-order valence-corrected chi connectivity index (χ2v) is 6.62. The summed E-state index contributed by atoms with van der Waals surface area (Å²) in [6, 6.07) is 10.7. The van der Waals surface area contributed by atoms with Crippen molar-refractivity contribution in [2.24, 2.45) is 0 Å². The fraction of sp³-hybridized carbons (Fsp3) is 0.105. The van der Waals surface area contributed by atoms with Crippen LogP contribution in [0.2, 0.25) is 0 Å². The quantitative estimate of drug-likeness (QED) is 0.488. The molecule has 0 bridgehead atoms. The molecule has 4 rings (SSSR count). The Hall–Kier alpha value is -3.21. The first-order chi connectivity index (χ1) is 12.6. The molecule has 1 radical (unpaired) electrons. The van der Waals surface area contributed by atoms with Crippen LogP contribution in [-0.4, -0.2) is 25.0 Å². The number of benzene rings is 1. The predicted octanol–water partition coefficient (Wildman–Crippen LogP) is 3.22. The SMILES string of the molecule is CC(O)(C#Cc1[c]c(Nc2ncnc3[nH]ccc23)ccc1)c1nccs1. The molecule has 0 fully saturated rings. The van der Waals surface area contributed by atoms with E-state index >= 15 is 0 Å². The van der Waals surface area contributed by atoms with Crippen LogP contribution in [-0.2, 0) is 5.60 Å². The molecule has 1 unspecified atom stereocenters. The van der Waals surface area contributed by atoms with Gasteiger partial charge < -0.3 is 15.4 Å². The van der Waals surface area contributed by atoms with Crippen molar-refractivity contribution >= 4 is 33.9 Å². The van der Waals surface area contributed by atoms with Gasteiger partial charge >= 0.3 is 0 Å². The van der Waals surface area contributed by atoms with Gasteiger partial charge in [0, 0.05) is 35.1 Å². The Labute approximate surface area is 154 Å². The molecule has 0 saturated heterocycles. The Kier molecular flexibility index (Phi) is 4.13. The third-order valence-electron chi connectivity index (χ3n) is 3.69. The van der Waals surface area contributed by atoms with Crippen LogP contribution >= 0.6 is 11.3 Å². The van der Waals surface area contributed by atoms with Crippen LogP contribution in [0, 0.1) is 17.9 Å². The molecule has 0 aliphatic rings. The van der Waals surface area contributed by atoms with Gasteiger partial charge in [-0.1, -0.05) is 17.9 Å². The van der Waals surface area contributed by atoms with Gasteiger partial charge in [0.2, 0.25) is 0 Å². The number of anilines is 2. The molecule has 0 saturated carbocycles. The summed E-state index contributed by atoms with van der Waals surface area (Å²) in [5.41, 5.74) is 0.853. The van der Waals surface area contributed by atoms with Crippen molar-refractivity contribution in [1.82, 2.24) is 19.9 Å². The molecule has 3 N–H and O–H groups in total. The maximum absolute atomic E-state index is 10.5. The summed E-state index contributed by atoms with van der Waals surface area (Å²) in [5, 5.41) is 17.0. The van der Waals surface area contributed by atoms with Crippen LogP contribution in [0.25, 0.3) is 11.0 Å². The van der Waals surface area contributed by atoms with Crippen molar-refractivity contribution in [3.63, 3.8) is 0 Å². The molecule has 0 aliphatic heterocycles. The first-order valence-corrected chi connectivity index (χ1v) is 8.73. The summed E-state index contributed by atoms with van der Waals surface area (Å²) in [5.74, 6) is 6.51. The Morgan fingerprint density at radius 1 is 1.27 bits per heavy atom. The Balaban J connectivity index is 1.60. The number of hydrogen-bond acceptors (Lipinski definition) is 6. The van der Waals surface area contributed by atoms with Crippen LogP contribution in [0.5, 0.6) is 0 Å². The summed E-state index contributed by atoms with van der Waals surface area (Å²) in [7, 11) is 0. The second-order valence-electron chi connectivity index (χ2n) is 5.72. The van der Waals surface area contributed by atoms with E-state index < -0.39 is 5.60 Å². The summed E-state index contributed by atoms with van der Waals surface area (Å²) in [6.07, 6.45) is 4.96. The molecule has 0 spiro atoms. The minimum atomic E-state index is -1.30. The van der Waals surface area contributed by atoms with E-state index in [0.717, 1.165) is 16.7 Å². The van der Waals surface area contributed by atoms with Crippen LogP contribution in [0.4, 0.5) is 11.5 Å². The van der Waals surface area contributed by atoms with Gasteiger partial charge in [0.05, 0.1) is 5.39 Å². The molecule has 1 aromatic carbocycles. The second kappa shape index (κ2) is 6.59. The van der Waals surface area contributed by atoms with Crippen molar-refractivity contribution in [2.75, 3.05) is 5.32 Å². The number of H-pyrrole nitrogens is 1. The van der Waals surface area contributed by atoms with E-state index in [4.69, 9.17) is 0 Å². The third-order valence-corrected chi connectivity index (χ3v) is 4.68. The number of aromatic amines is 1. The van der Waals surface area contributed by atoms with Gasteiger partial charge in [0.1, 0.15) is 22.8 Å². The van der Waals surface area contributed by atoms with Crippen LogP contribution in [0.15, 0.2) is 48.4 Å². The van der Waals surface area contributed by atoms with Crippen LogP contribution in [0.3, 0.4) is 0 Å². The van der Waals surface area contributed by atoms with Crippen molar-refractivity contribution in [1.29, 1.82) is 0 Å². The van der Waals surface area contributed by atoms with Gasteiger partial charge in [-0.2, -0.15) is 0 Å². The molecular formula is C19H14N5OS. The van der Waals surface area contributed by atoms with Crippen molar-refractivity contribution < 1.29 is 5.11 Å². The van der Waals surface area contributed by atoms with Crippen molar-refractivity contribution in [2.45, 2.75) is 12.5 Å². The zero-order valence-corrected chi connectivity index (χ0v) is 14.6. The minimum Gasteiger partial charge on any atom is -0.371 e. The standard InChI is InChI=1S/C19H14N5OS/c1-19(25,18-21-9-10-26-18)7-5-13-3-2-4-14(11-13)24-17-15-6-8-20-16(15)22-12-23-17/h2-4,6,8-10,12,25H,1H3,(H2,20,22,23,24). The number of aliphatic hydroxyl groups is 1. The lowest BCUT2D eigenvalue weighted by Gasteiger charge is -2.12. The summed E-state index contributed by atoms with van der Waals surface area (Å²) < 4.78 is 0. The van der Waals surface area contributed by atoms with Gasteiger partial charge in [0.15, 0.2) is 5.60 Å². The van der Waals surface area contributed by atoms with Gasteiger partial charge in [-0.25, -0.2) is 15.0 Å². The Morgan fingerprint density at radius 2 is 2.19 bits per heavy atom. The molecule has 7 heteroatoms. The molecule has 0 aliphatic carbocycles. The maximum Gasteiger partial charge on any atom is 0.174 e. The van der Waals surface area contributed by atoms with Crippen LogP contribution < -0.4 is 5.32 Å². The number of hydrogen-bond donors (Lipinski definition) is 3. The summed E-state index contributed by atoms with van der Waals surface area (Å²) >= 11 is 1.37. The number of thiazole rings is 1. The van der Waals surface area contributed by atoms with E-state index in [1.165, 1.54) is 17.7 Å². The average Bonchev–Trinajstić information content (AvgIpc) is 3.33. The first kappa shape index (κ1) is 16.3. The molecule has 3 aromatic heterocycles. The molecule has 3 heterocycles. The molecular weight excluding hydrogens is 346 g/mol. The lowest BCUT2D eigenvalue weighted by Crippen LogP contribution is -2.17. The van der Waals surface area contributed by atoms with E-state index in [1.54, 1.807) is 13.1 Å². The molecule has 26 heavy (non-hydrogen) atoms. The number of fused-ring (bicyclic) bond motifs is 1. The number of aromatic nitrogens is 4. The first-order valence-electron chi connectivity index (χ1n) is 7.85. The molecule has 4 aromatic rings. The number of rotatable bonds is 3. The van der Waals surface area contributed by atoms with Crippen molar-refractivity contribution in [3.05, 3.63) is 65.0 Å². The zero-order valence-electron chi connectivity index (χ0n) is 13.8. The predicted molar refractivity (Wildman–Crippen MR) is 101 cm³/mol. The van der Waals surface area contributed by atoms with Crippen LogP contribution in [0.1, 0.15) is 17.5 Å². The lowest BCUT2D eigenvalue weighted by molar-refractivity contribution is 0.122. The van der Waals surface area contributed by atoms with E-state index in [-0.39, 0.29) is 0 Å². The molecule has 127 valence electrons. The van der Waals surface area contributed by atoms with E-state index in [1.807, 2.05) is 35.8 Å². The number of nitrogens with zero attached hydrogens (tertiary/aromatic N) is 3. The summed E-state index contributed by atoms with van der Waals surface area (Å²) in [6.45, 7) is 1.63. The lowest BCUT2D eigenvalue weighted by atomic mass is 10.1. The highest BCUT2D eigenvalue weighted by Gasteiger charge is 2.22. The monoisotopic (exact) mass is 360 g/mol. The normalized spacial score (nSPS) is 13.0. The average molecular weight is 360 g/mol. The number of nitrogens with one attached hydrogen (secondary N) is 2. The minimum absolute atomic E-state index is 0.565. The van der Waals surface area contributed by atoms with E-state index in [2.05, 4.69) is 43.2 Å². The van der Waals surface area contributed by atoms with E-state index in [0.29, 0.717) is 16.4 Å². The highest BCUT2D eigenvalue weighted by molar-refractivity contribution is 7.09. The van der Waals surface area contributed by atoms with Gasteiger partial charge in [0.25, 0.3) is 0 Å². The Bertz CT molecular complexity index is 1110. The highest BCUT2D eigenvalue weighted by atomic mass is 32.1. The van der Waals surface area contributed by atoms with Gasteiger partial charge in [-0.3, -0.25) is 0 Å². The van der Waals surface area contributed by atoms with Crippen molar-refractivity contribution in [3.8, 4) is 11.8 Å².